The van der Waals surface area contributed by atoms with Crippen LogP contribution < -0.4 is 0 Å². The number of hydrogen-bond donors (Lipinski definition) is 0. The highest BCUT2D eigenvalue weighted by molar-refractivity contribution is 7.40. The van der Waals surface area contributed by atoms with Gasteiger partial charge in [0, 0.05) is 21.1 Å². The maximum atomic E-state index is 6.11. The quantitative estimate of drug-likeness (QED) is 0.391. The molecule has 0 saturated carbocycles. The number of halogens is 1. The van der Waals surface area contributed by atoms with E-state index in [4.69, 9.17) is 16.0 Å². The first-order chi connectivity index (χ1) is 9.81. The summed E-state index contributed by atoms with van der Waals surface area (Å²) in [4.78, 5) is 0. The van der Waals surface area contributed by atoms with Crippen molar-refractivity contribution in [1.29, 1.82) is 0 Å². The highest BCUT2D eigenvalue weighted by atomic mass is 35.5. The molecule has 4 aromatic rings. The SMILES string of the molecule is Clc1ccc(-c2oc3c(ccc4ccccc43)p2)cc1. The predicted molar refractivity (Wildman–Crippen MR) is 86.7 cm³/mol. The van der Waals surface area contributed by atoms with E-state index in [1.54, 1.807) is 0 Å². The zero-order valence-corrected chi connectivity index (χ0v) is 12.2. The van der Waals surface area contributed by atoms with E-state index in [0.717, 1.165) is 29.9 Å². The summed E-state index contributed by atoms with van der Waals surface area (Å²) in [5, 5.41) is 4.33. The molecule has 1 heterocycles. The van der Waals surface area contributed by atoms with Crippen LogP contribution in [0.2, 0.25) is 5.02 Å². The van der Waals surface area contributed by atoms with E-state index in [9.17, 15) is 0 Å². The lowest BCUT2D eigenvalue weighted by Crippen LogP contribution is -1.72. The van der Waals surface area contributed by atoms with Crippen LogP contribution in [0, 0.1) is 0 Å². The summed E-state index contributed by atoms with van der Waals surface area (Å²) in [6, 6.07) is 20.4. The Kier molecular flexibility index (Phi) is 2.77. The summed E-state index contributed by atoms with van der Waals surface area (Å²) >= 11 is 5.93. The molecule has 0 fully saturated rings. The second kappa shape index (κ2) is 4.63. The van der Waals surface area contributed by atoms with Gasteiger partial charge >= 0.3 is 0 Å². The number of fused-ring (bicyclic) bond motifs is 3. The summed E-state index contributed by atoms with van der Waals surface area (Å²) in [7, 11) is 1.11. The van der Waals surface area contributed by atoms with Gasteiger partial charge in [0.2, 0.25) is 0 Å². The largest absolute Gasteiger partial charge is 0.450 e. The number of hydrogen-bond acceptors (Lipinski definition) is 1. The molecule has 96 valence electrons. The third-order valence-corrected chi connectivity index (χ3v) is 4.77. The Morgan fingerprint density at radius 3 is 2.50 bits per heavy atom. The monoisotopic (exact) mass is 296 g/mol. The minimum atomic E-state index is 0.743. The molecule has 0 spiro atoms. The molecule has 0 aliphatic rings. The lowest BCUT2D eigenvalue weighted by molar-refractivity contribution is 0.642. The van der Waals surface area contributed by atoms with Crippen LogP contribution in [0.1, 0.15) is 0 Å². The van der Waals surface area contributed by atoms with Gasteiger partial charge in [0.1, 0.15) is 5.58 Å². The molecule has 1 aromatic heterocycles. The van der Waals surface area contributed by atoms with E-state index >= 15 is 0 Å². The first-order valence-electron chi connectivity index (χ1n) is 6.35. The third-order valence-electron chi connectivity index (χ3n) is 3.37. The fraction of sp³-hybridized carbons (Fsp3) is 0. The number of rotatable bonds is 1. The summed E-state index contributed by atoms with van der Waals surface area (Å²) in [6.07, 6.45) is 0. The molecular weight excluding hydrogens is 287 g/mol. The molecule has 3 aromatic carbocycles. The Morgan fingerprint density at radius 1 is 0.850 bits per heavy atom. The first-order valence-corrected chi connectivity index (χ1v) is 7.63. The minimum absolute atomic E-state index is 0.743. The van der Waals surface area contributed by atoms with Gasteiger partial charge in [0.25, 0.3) is 0 Å². The zero-order chi connectivity index (χ0) is 13.5. The molecule has 0 aliphatic carbocycles. The predicted octanol–water partition coefficient (Wildman–Crippen LogP) is 6.49. The topological polar surface area (TPSA) is 13.1 Å². The van der Waals surface area contributed by atoms with Crippen molar-refractivity contribution in [2.75, 3.05) is 0 Å². The van der Waals surface area contributed by atoms with Crippen LogP contribution in [-0.4, -0.2) is 0 Å². The standard InChI is InChI=1S/C17H10ClOP/c18-13-8-5-12(6-9-13)17-19-16-14-4-2-1-3-11(14)7-10-15(16)20-17/h1-10H. The van der Waals surface area contributed by atoms with Gasteiger partial charge in [-0.3, -0.25) is 0 Å². The molecule has 20 heavy (non-hydrogen) atoms. The highest BCUT2D eigenvalue weighted by Crippen LogP contribution is 2.40. The average Bonchev–Trinajstić information content (AvgIpc) is 2.92. The van der Waals surface area contributed by atoms with E-state index in [1.165, 1.54) is 15.9 Å². The van der Waals surface area contributed by atoms with Crippen molar-refractivity contribution in [3.63, 3.8) is 0 Å². The summed E-state index contributed by atoms with van der Waals surface area (Å²) in [5.74, 6) is 0. The maximum Gasteiger partial charge on any atom is 0.161 e. The molecule has 0 bridgehead atoms. The molecule has 0 radical (unpaired) electrons. The van der Waals surface area contributed by atoms with Crippen molar-refractivity contribution >= 4 is 41.3 Å². The van der Waals surface area contributed by atoms with Gasteiger partial charge < -0.3 is 4.42 Å². The van der Waals surface area contributed by atoms with Crippen LogP contribution in [0.25, 0.3) is 32.5 Å². The fourth-order valence-electron chi connectivity index (χ4n) is 2.37. The van der Waals surface area contributed by atoms with E-state index in [1.807, 2.05) is 36.4 Å². The van der Waals surface area contributed by atoms with Crippen molar-refractivity contribution in [3.05, 3.63) is 65.7 Å². The van der Waals surface area contributed by atoms with Crippen molar-refractivity contribution in [3.8, 4) is 11.1 Å². The summed E-state index contributed by atoms with van der Waals surface area (Å²) in [5.41, 5.74) is 3.03. The van der Waals surface area contributed by atoms with Crippen LogP contribution >= 0.6 is 19.8 Å². The molecule has 0 unspecified atom stereocenters. The van der Waals surface area contributed by atoms with Gasteiger partial charge in [-0.05, 0) is 43.9 Å². The summed E-state index contributed by atoms with van der Waals surface area (Å²) in [6.45, 7) is 0. The average molecular weight is 297 g/mol. The van der Waals surface area contributed by atoms with E-state index in [0.29, 0.717) is 0 Å². The first kappa shape index (κ1) is 12.0. The van der Waals surface area contributed by atoms with Crippen LogP contribution in [0.15, 0.2) is 65.1 Å². The fourth-order valence-corrected chi connectivity index (χ4v) is 3.55. The van der Waals surface area contributed by atoms with Gasteiger partial charge in [0.05, 0.1) is 0 Å². The second-order valence-corrected chi connectivity index (χ2v) is 6.21. The molecule has 0 saturated heterocycles. The van der Waals surface area contributed by atoms with E-state index in [2.05, 4.69) is 24.3 Å². The van der Waals surface area contributed by atoms with Gasteiger partial charge in [-0.25, -0.2) is 0 Å². The van der Waals surface area contributed by atoms with Crippen LogP contribution in [0.3, 0.4) is 0 Å². The maximum absolute atomic E-state index is 6.11. The van der Waals surface area contributed by atoms with E-state index in [-0.39, 0.29) is 0 Å². The van der Waals surface area contributed by atoms with Crippen LogP contribution in [0.5, 0.6) is 0 Å². The van der Waals surface area contributed by atoms with Gasteiger partial charge in [-0.15, -0.1) is 0 Å². The Bertz CT molecular complexity index is 909. The molecule has 0 atom stereocenters. The number of benzene rings is 3. The lowest BCUT2D eigenvalue weighted by atomic mass is 10.1. The lowest BCUT2D eigenvalue weighted by Gasteiger charge is -1.97. The Hall–Kier alpha value is -1.82. The van der Waals surface area contributed by atoms with Crippen LogP contribution in [0.4, 0.5) is 0 Å². The van der Waals surface area contributed by atoms with Crippen molar-refractivity contribution in [1.82, 2.24) is 0 Å². The van der Waals surface area contributed by atoms with Gasteiger partial charge in [-0.1, -0.05) is 41.9 Å². The molecule has 4 rings (SSSR count). The smallest absolute Gasteiger partial charge is 0.161 e. The second-order valence-electron chi connectivity index (χ2n) is 4.66. The van der Waals surface area contributed by atoms with Crippen molar-refractivity contribution in [2.24, 2.45) is 0 Å². The van der Waals surface area contributed by atoms with E-state index < -0.39 is 0 Å². The van der Waals surface area contributed by atoms with Gasteiger partial charge in [-0.2, -0.15) is 0 Å². The molecule has 0 N–H and O–H groups in total. The molecule has 1 nitrogen and oxygen atoms in total. The summed E-state index contributed by atoms with van der Waals surface area (Å²) < 4.78 is 6.11. The molecule has 3 heteroatoms. The van der Waals surface area contributed by atoms with Crippen LogP contribution in [-0.2, 0) is 0 Å². The Balaban J connectivity index is 1.98. The minimum Gasteiger partial charge on any atom is -0.450 e. The third kappa shape index (κ3) is 1.91. The normalized spacial score (nSPS) is 11.7. The zero-order valence-electron chi connectivity index (χ0n) is 10.5. The Morgan fingerprint density at radius 2 is 1.65 bits per heavy atom. The molecule has 0 aliphatic heterocycles. The van der Waals surface area contributed by atoms with Crippen molar-refractivity contribution < 1.29 is 4.42 Å². The molecular formula is C17H10ClOP. The van der Waals surface area contributed by atoms with Crippen molar-refractivity contribution in [2.45, 2.75) is 0 Å². The Labute approximate surface area is 122 Å². The highest BCUT2D eigenvalue weighted by Gasteiger charge is 2.09. The molecule has 0 amide bonds. The van der Waals surface area contributed by atoms with Gasteiger partial charge in [0.15, 0.2) is 5.49 Å².